The van der Waals surface area contributed by atoms with E-state index in [9.17, 15) is 9.59 Å². The van der Waals surface area contributed by atoms with Gasteiger partial charge in [0.2, 0.25) is 5.91 Å². The SMILES string of the molecule is COc1ccc2c(C)c(CCC(=O)NCCCN(C)C)c(=O)oc2c1. The van der Waals surface area contributed by atoms with E-state index in [-0.39, 0.29) is 12.3 Å². The number of aryl methyl sites for hydroxylation is 1. The van der Waals surface area contributed by atoms with Gasteiger partial charge in [-0.15, -0.1) is 0 Å². The average Bonchev–Trinajstić information content (AvgIpc) is 2.57. The molecule has 136 valence electrons. The number of fused-ring (bicyclic) bond motifs is 1. The fraction of sp³-hybridized carbons (Fsp3) is 0.474. The number of hydrogen-bond acceptors (Lipinski definition) is 5. The Labute approximate surface area is 147 Å². The lowest BCUT2D eigenvalue weighted by Crippen LogP contribution is -2.27. The molecule has 6 nitrogen and oxygen atoms in total. The van der Waals surface area contributed by atoms with E-state index in [1.54, 1.807) is 13.2 Å². The quantitative estimate of drug-likeness (QED) is 0.585. The van der Waals surface area contributed by atoms with Gasteiger partial charge in [0.25, 0.3) is 0 Å². The fourth-order valence-corrected chi connectivity index (χ4v) is 2.74. The van der Waals surface area contributed by atoms with Crippen molar-refractivity contribution in [3.8, 4) is 5.75 Å². The molecule has 0 aliphatic heterocycles. The van der Waals surface area contributed by atoms with Crippen molar-refractivity contribution in [2.24, 2.45) is 0 Å². The first-order valence-electron chi connectivity index (χ1n) is 8.44. The van der Waals surface area contributed by atoms with Crippen molar-refractivity contribution >= 4 is 16.9 Å². The summed E-state index contributed by atoms with van der Waals surface area (Å²) in [6.45, 7) is 3.45. The van der Waals surface area contributed by atoms with Crippen LogP contribution in [-0.4, -0.2) is 45.1 Å². The first kappa shape index (κ1) is 19.0. The van der Waals surface area contributed by atoms with Crippen molar-refractivity contribution in [1.82, 2.24) is 10.2 Å². The molecule has 2 aromatic rings. The van der Waals surface area contributed by atoms with E-state index in [2.05, 4.69) is 10.2 Å². The van der Waals surface area contributed by atoms with Gasteiger partial charge in [0.15, 0.2) is 0 Å². The second-order valence-electron chi connectivity index (χ2n) is 6.36. The van der Waals surface area contributed by atoms with Gasteiger partial charge in [-0.05, 0) is 58.1 Å². The Morgan fingerprint density at radius 2 is 2.08 bits per heavy atom. The Kier molecular flexibility index (Phi) is 6.58. The van der Waals surface area contributed by atoms with Gasteiger partial charge >= 0.3 is 5.63 Å². The molecule has 1 amide bonds. The van der Waals surface area contributed by atoms with E-state index in [1.807, 2.05) is 33.2 Å². The van der Waals surface area contributed by atoms with E-state index in [1.165, 1.54) is 0 Å². The molecule has 2 rings (SSSR count). The van der Waals surface area contributed by atoms with Crippen LogP contribution in [0.2, 0.25) is 0 Å². The van der Waals surface area contributed by atoms with E-state index in [4.69, 9.17) is 9.15 Å². The summed E-state index contributed by atoms with van der Waals surface area (Å²) >= 11 is 0. The van der Waals surface area contributed by atoms with Gasteiger partial charge in [-0.25, -0.2) is 4.79 Å². The number of benzene rings is 1. The van der Waals surface area contributed by atoms with Crippen LogP contribution in [0.15, 0.2) is 27.4 Å². The molecule has 0 aliphatic rings. The highest BCUT2D eigenvalue weighted by atomic mass is 16.5. The Morgan fingerprint density at radius 1 is 1.32 bits per heavy atom. The molecule has 0 saturated heterocycles. The molecule has 0 unspecified atom stereocenters. The van der Waals surface area contributed by atoms with Crippen LogP contribution in [-0.2, 0) is 11.2 Å². The van der Waals surface area contributed by atoms with Crippen molar-refractivity contribution in [2.75, 3.05) is 34.3 Å². The van der Waals surface area contributed by atoms with Crippen LogP contribution in [0.1, 0.15) is 24.0 Å². The number of amides is 1. The number of carbonyl (C=O) groups excluding carboxylic acids is 1. The maximum absolute atomic E-state index is 12.3. The topological polar surface area (TPSA) is 71.8 Å². The lowest BCUT2D eigenvalue weighted by Gasteiger charge is -2.11. The summed E-state index contributed by atoms with van der Waals surface area (Å²) in [5.74, 6) is 0.590. The molecule has 1 aromatic heterocycles. The zero-order valence-electron chi connectivity index (χ0n) is 15.3. The number of carbonyl (C=O) groups is 1. The first-order valence-corrected chi connectivity index (χ1v) is 8.44. The van der Waals surface area contributed by atoms with E-state index in [0.29, 0.717) is 29.9 Å². The maximum atomic E-state index is 12.3. The molecule has 0 atom stereocenters. The molecule has 0 saturated carbocycles. The molecule has 0 aliphatic carbocycles. The highest BCUT2D eigenvalue weighted by molar-refractivity contribution is 5.82. The summed E-state index contributed by atoms with van der Waals surface area (Å²) in [7, 11) is 5.57. The van der Waals surface area contributed by atoms with Crippen molar-refractivity contribution in [2.45, 2.75) is 26.2 Å². The summed E-state index contributed by atoms with van der Waals surface area (Å²) in [4.78, 5) is 26.3. The van der Waals surface area contributed by atoms with Crippen LogP contribution in [0.4, 0.5) is 0 Å². The monoisotopic (exact) mass is 346 g/mol. The predicted octanol–water partition coefficient (Wildman–Crippen LogP) is 2.11. The largest absolute Gasteiger partial charge is 0.497 e. The van der Waals surface area contributed by atoms with Gasteiger partial charge in [-0.3, -0.25) is 4.79 Å². The van der Waals surface area contributed by atoms with Crippen molar-refractivity contribution in [3.05, 3.63) is 39.7 Å². The highest BCUT2D eigenvalue weighted by Gasteiger charge is 2.13. The highest BCUT2D eigenvalue weighted by Crippen LogP contribution is 2.24. The van der Waals surface area contributed by atoms with E-state index in [0.717, 1.165) is 23.9 Å². The average molecular weight is 346 g/mol. The fourth-order valence-electron chi connectivity index (χ4n) is 2.74. The van der Waals surface area contributed by atoms with Crippen molar-refractivity contribution < 1.29 is 13.9 Å². The van der Waals surface area contributed by atoms with E-state index >= 15 is 0 Å². The zero-order chi connectivity index (χ0) is 18.4. The van der Waals surface area contributed by atoms with Gasteiger partial charge in [0.05, 0.1) is 7.11 Å². The number of ether oxygens (including phenoxy) is 1. The number of rotatable bonds is 8. The predicted molar refractivity (Wildman–Crippen MR) is 98.3 cm³/mol. The Hall–Kier alpha value is -2.34. The number of hydrogen-bond donors (Lipinski definition) is 1. The lowest BCUT2D eigenvalue weighted by atomic mass is 10.0. The molecular formula is C19H26N2O4. The van der Waals surface area contributed by atoms with E-state index < -0.39 is 5.63 Å². The molecule has 1 heterocycles. The second kappa shape index (κ2) is 8.67. The van der Waals surface area contributed by atoms with Crippen LogP contribution >= 0.6 is 0 Å². The summed E-state index contributed by atoms with van der Waals surface area (Å²) < 4.78 is 10.6. The number of nitrogens with zero attached hydrogens (tertiary/aromatic N) is 1. The summed E-state index contributed by atoms with van der Waals surface area (Å²) in [6.07, 6.45) is 1.54. The molecule has 0 radical (unpaired) electrons. The number of methoxy groups -OCH3 is 1. The van der Waals surface area contributed by atoms with Gasteiger partial charge in [-0.1, -0.05) is 0 Å². The van der Waals surface area contributed by atoms with Crippen LogP contribution in [0.3, 0.4) is 0 Å². The third-order valence-electron chi connectivity index (χ3n) is 4.20. The van der Waals surface area contributed by atoms with Gasteiger partial charge < -0.3 is 19.4 Å². The first-order chi connectivity index (χ1) is 11.9. The van der Waals surface area contributed by atoms with Gasteiger partial charge in [0, 0.05) is 30.0 Å². The molecule has 1 aromatic carbocycles. The summed E-state index contributed by atoms with van der Waals surface area (Å²) in [6, 6.07) is 5.40. The molecule has 6 heteroatoms. The lowest BCUT2D eigenvalue weighted by molar-refractivity contribution is -0.121. The van der Waals surface area contributed by atoms with Crippen LogP contribution < -0.4 is 15.7 Å². The third kappa shape index (κ3) is 5.06. The molecule has 0 spiro atoms. The minimum absolute atomic E-state index is 0.0487. The number of nitrogens with one attached hydrogen (secondary N) is 1. The molecular weight excluding hydrogens is 320 g/mol. The molecule has 25 heavy (non-hydrogen) atoms. The maximum Gasteiger partial charge on any atom is 0.339 e. The van der Waals surface area contributed by atoms with Crippen LogP contribution in [0.25, 0.3) is 11.0 Å². The molecule has 1 N–H and O–H groups in total. The Bertz CT molecular complexity index is 796. The standard InChI is InChI=1S/C19H26N2O4/c1-13-15-7-6-14(24-4)12-17(15)25-19(23)16(13)8-9-18(22)20-10-5-11-21(2)3/h6-7,12H,5,8-11H2,1-4H3,(H,20,22). The second-order valence-corrected chi connectivity index (χ2v) is 6.36. The van der Waals surface area contributed by atoms with Crippen LogP contribution in [0, 0.1) is 6.92 Å². The van der Waals surface area contributed by atoms with Crippen molar-refractivity contribution in [1.29, 1.82) is 0 Å². The van der Waals surface area contributed by atoms with Crippen molar-refractivity contribution in [3.63, 3.8) is 0 Å². The third-order valence-corrected chi connectivity index (χ3v) is 4.20. The normalized spacial score (nSPS) is 11.1. The summed E-state index contributed by atoms with van der Waals surface area (Å²) in [5.41, 5.74) is 1.52. The minimum atomic E-state index is -0.390. The van der Waals surface area contributed by atoms with Gasteiger partial charge in [-0.2, -0.15) is 0 Å². The summed E-state index contributed by atoms with van der Waals surface area (Å²) in [5, 5.41) is 3.75. The zero-order valence-corrected chi connectivity index (χ0v) is 15.3. The Balaban J connectivity index is 2.03. The minimum Gasteiger partial charge on any atom is -0.497 e. The smallest absolute Gasteiger partial charge is 0.339 e. The molecule has 0 bridgehead atoms. The molecule has 0 fully saturated rings. The van der Waals surface area contributed by atoms with Gasteiger partial charge in [0.1, 0.15) is 11.3 Å². The van der Waals surface area contributed by atoms with Crippen LogP contribution in [0.5, 0.6) is 5.75 Å². The Morgan fingerprint density at radius 3 is 2.76 bits per heavy atom.